The van der Waals surface area contributed by atoms with Crippen LogP contribution < -0.4 is 5.32 Å². The number of carbonyl (C=O) groups is 1. The number of piperazine rings is 1. The van der Waals surface area contributed by atoms with Gasteiger partial charge in [-0.25, -0.2) is 14.8 Å². The van der Waals surface area contributed by atoms with E-state index < -0.39 is 0 Å². The molecule has 0 unspecified atom stereocenters. The van der Waals surface area contributed by atoms with Crippen LogP contribution in [0, 0.1) is 0 Å². The summed E-state index contributed by atoms with van der Waals surface area (Å²) < 4.78 is 2.13. The van der Waals surface area contributed by atoms with Crippen LogP contribution in [-0.2, 0) is 6.54 Å². The van der Waals surface area contributed by atoms with Crippen LogP contribution in [0.3, 0.4) is 0 Å². The van der Waals surface area contributed by atoms with Gasteiger partial charge < -0.3 is 10.2 Å². The second-order valence-corrected chi connectivity index (χ2v) is 7.41. The average molecular weight is 378 g/mol. The second-order valence-electron chi connectivity index (χ2n) is 7.41. The molecule has 3 aromatic rings. The van der Waals surface area contributed by atoms with Crippen molar-refractivity contribution in [1.82, 2.24) is 29.7 Å². The molecular weight excluding hydrogens is 352 g/mol. The fourth-order valence-electron chi connectivity index (χ4n) is 3.56. The van der Waals surface area contributed by atoms with E-state index in [-0.39, 0.29) is 12.1 Å². The molecule has 1 N–H and O–H groups in total. The lowest BCUT2D eigenvalue weighted by Crippen LogP contribution is -2.52. The van der Waals surface area contributed by atoms with Crippen LogP contribution in [0.2, 0.25) is 0 Å². The van der Waals surface area contributed by atoms with Crippen LogP contribution in [0.5, 0.6) is 0 Å². The number of amides is 2. The fourth-order valence-corrected chi connectivity index (χ4v) is 3.56. The molecule has 3 heterocycles. The third-order valence-electron chi connectivity index (χ3n) is 4.94. The van der Waals surface area contributed by atoms with Gasteiger partial charge in [0.2, 0.25) is 0 Å². The molecule has 1 fully saturated rings. The van der Waals surface area contributed by atoms with Gasteiger partial charge in [-0.15, -0.1) is 0 Å². The maximum atomic E-state index is 12.2. The summed E-state index contributed by atoms with van der Waals surface area (Å²) in [6.45, 7) is 7.80. The number of imidazole rings is 1. The van der Waals surface area contributed by atoms with Crippen molar-refractivity contribution in [2.24, 2.45) is 0 Å². The third-order valence-corrected chi connectivity index (χ3v) is 4.94. The molecule has 0 bridgehead atoms. The maximum absolute atomic E-state index is 12.2. The number of aromatic nitrogens is 3. The number of nitrogens with one attached hydrogen (secondary N) is 1. The molecule has 0 saturated carbocycles. The lowest BCUT2D eigenvalue weighted by Gasteiger charge is -2.34. The Hall–Kier alpha value is -2.93. The maximum Gasteiger partial charge on any atom is 0.317 e. The van der Waals surface area contributed by atoms with Crippen molar-refractivity contribution in [1.29, 1.82) is 0 Å². The summed E-state index contributed by atoms with van der Waals surface area (Å²) in [7, 11) is 0. The van der Waals surface area contributed by atoms with E-state index in [1.165, 1.54) is 0 Å². The zero-order valence-electron chi connectivity index (χ0n) is 16.4. The van der Waals surface area contributed by atoms with Crippen molar-refractivity contribution >= 4 is 17.2 Å². The van der Waals surface area contributed by atoms with E-state index in [1.54, 1.807) is 6.20 Å². The van der Waals surface area contributed by atoms with Gasteiger partial charge in [0, 0.05) is 44.1 Å². The van der Waals surface area contributed by atoms with E-state index in [4.69, 9.17) is 4.98 Å². The van der Waals surface area contributed by atoms with Gasteiger partial charge in [-0.2, -0.15) is 0 Å². The highest BCUT2D eigenvalue weighted by Gasteiger charge is 2.23. The van der Waals surface area contributed by atoms with Crippen molar-refractivity contribution in [3.05, 3.63) is 54.5 Å². The molecule has 4 rings (SSSR count). The number of rotatable bonds is 4. The Morgan fingerprint density at radius 2 is 1.82 bits per heavy atom. The Morgan fingerprint density at radius 3 is 2.54 bits per heavy atom. The summed E-state index contributed by atoms with van der Waals surface area (Å²) in [4.78, 5) is 25.8. The Kier molecular flexibility index (Phi) is 5.25. The molecule has 0 aliphatic carbocycles. The molecule has 7 heteroatoms. The Labute approximate surface area is 165 Å². The van der Waals surface area contributed by atoms with E-state index >= 15 is 0 Å². The van der Waals surface area contributed by atoms with Crippen LogP contribution >= 0.6 is 0 Å². The molecule has 0 radical (unpaired) electrons. The highest BCUT2D eigenvalue weighted by Crippen LogP contribution is 2.21. The van der Waals surface area contributed by atoms with Gasteiger partial charge in [0.25, 0.3) is 0 Å². The number of pyridine rings is 1. The summed E-state index contributed by atoms with van der Waals surface area (Å²) in [5, 5.41) is 2.97. The largest absolute Gasteiger partial charge is 0.336 e. The molecule has 28 heavy (non-hydrogen) atoms. The van der Waals surface area contributed by atoms with E-state index in [2.05, 4.69) is 31.9 Å². The van der Waals surface area contributed by atoms with Crippen molar-refractivity contribution in [3.63, 3.8) is 0 Å². The Balaban J connectivity index is 1.52. The normalized spacial score (nSPS) is 15.3. The highest BCUT2D eigenvalue weighted by atomic mass is 16.2. The van der Waals surface area contributed by atoms with Crippen molar-refractivity contribution in [3.8, 4) is 5.69 Å². The molecule has 0 atom stereocenters. The average Bonchev–Trinajstić information content (AvgIpc) is 3.06. The Morgan fingerprint density at radius 1 is 1.07 bits per heavy atom. The molecule has 2 amide bonds. The number of nitrogens with zero attached hydrogens (tertiary/aromatic N) is 5. The van der Waals surface area contributed by atoms with Crippen molar-refractivity contribution in [2.75, 3.05) is 26.2 Å². The summed E-state index contributed by atoms with van der Waals surface area (Å²) in [6.07, 6.45) is 1.80. The molecular formula is C21H26N6O. The van der Waals surface area contributed by atoms with Gasteiger partial charge in [0.15, 0.2) is 5.65 Å². The summed E-state index contributed by atoms with van der Waals surface area (Å²) >= 11 is 0. The third kappa shape index (κ3) is 3.84. The van der Waals surface area contributed by atoms with Crippen LogP contribution in [0.1, 0.15) is 19.7 Å². The summed E-state index contributed by atoms with van der Waals surface area (Å²) in [5.74, 6) is 0.972. The van der Waals surface area contributed by atoms with Crippen molar-refractivity contribution in [2.45, 2.75) is 26.4 Å². The molecule has 1 aromatic carbocycles. The second kappa shape index (κ2) is 7.98. The fraction of sp³-hybridized carbons (Fsp3) is 0.381. The van der Waals surface area contributed by atoms with Crippen LogP contribution in [0.25, 0.3) is 16.9 Å². The van der Waals surface area contributed by atoms with E-state index in [9.17, 15) is 4.79 Å². The summed E-state index contributed by atoms with van der Waals surface area (Å²) in [5.41, 5.74) is 2.84. The molecule has 1 saturated heterocycles. The quantitative estimate of drug-likeness (QED) is 0.758. The molecule has 2 aromatic heterocycles. The zero-order valence-corrected chi connectivity index (χ0v) is 16.4. The van der Waals surface area contributed by atoms with Gasteiger partial charge in [-0.1, -0.05) is 18.2 Å². The minimum absolute atomic E-state index is 0.0235. The van der Waals surface area contributed by atoms with Gasteiger partial charge in [-0.05, 0) is 38.1 Å². The SMILES string of the molecule is CC(C)NC(=O)N1CCN(Cc2nc3cccnc3n2-c2ccccc2)CC1. The van der Waals surface area contributed by atoms with Gasteiger partial charge >= 0.3 is 6.03 Å². The predicted molar refractivity (Wildman–Crippen MR) is 109 cm³/mol. The molecule has 0 spiro atoms. The minimum Gasteiger partial charge on any atom is -0.336 e. The summed E-state index contributed by atoms with van der Waals surface area (Å²) in [6, 6.07) is 14.3. The first-order valence-corrected chi connectivity index (χ1v) is 9.77. The lowest BCUT2D eigenvalue weighted by molar-refractivity contribution is 0.132. The monoisotopic (exact) mass is 378 g/mol. The number of hydrogen-bond donors (Lipinski definition) is 1. The lowest BCUT2D eigenvalue weighted by atomic mass is 10.3. The van der Waals surface area contributed by atoms with E-state index in [0.717, 1.165) is 55.4 Å². The standard InChI is InChI=1S/C21H26N6O/c1-16(2)23-21(28)26-13-11-25(12-14-26)15-19-24-18-9-6-10-22-20(18)27(19)17-7-4-3-5-8-17/h3-10,16H,11-15H2,1-2H3,(H,23,28). The Bertz CT molecular complexity index is 944. The van der Waals surface area contributed by atoms with E-state index in [1.807, 2.05) is 49.1 Å². The van der Waals surface area contributed by atoms with Gasteiger partial charge in [-0.3, -0.25) is 9.47 Å². The van der Waals surface area contributed by atoms with Crippen LogP contribution in [-0.4, -0.2) is 62.6 Å². The van der Waals surface area contributed by atoms with Gasteiger partial charge in [0.05, 0.1) is 6.54 Å². The number of benzene rings is 1. The minimum atomic E-state index is 0.0235. The van der Waals surface area contributed by atoms with Crippen LogP contribution in [0.4, 0.5) is 4.79 Å². The van der Waals surface area contributed by atoms with E-state index in [0.29, 0.717) is 0 Å². The first-order chi connectivity index (χ1) is 13.6. The number of hydrogen-bond acceptors (Lipinski definition) is 4. The van der Waals surface area contributed by atoms with Crippen LogP contribution in [0.15, 0.2) is 48.7 Å². The zero-order chi connectivity index (χ0) is 19.5. The molecule has 7 nitrogen and oxygen atoms in total. The number of para-hydroxylation sites is 1. The molecule has 1 aliphatic rings. The topological polar surface area (TPSA) is 66.3 Å². The number of carbonyl (C=O) groups excluding carboxylic acids is 1. The molecule has 146 valence electrons. The number of fused-ring (bicyclic) bond motifs is 1. The van der Waals surface area contributed by atoms with Crippen molar-refractivity contribution < 1.29 is 4.79 Å². The van der Waals surface area contributed by atoms with Gasteiger partial charge in [0.1, 0.15) is 11.3 Å². The smallest absolute Gasteiger partial charge is 0.317 e. The first kappa shape index (κ1) is 18.4. The highest BCUT2D eigenvalue weighted by molar-refractivity contribution is 5.75. The molecule has 1 aliphatic heterocycles. The predicted octanol–water partition coefficient (Wildman–Crippen LogP) is 2.66. The first-order valence-electron chi connectivity index (χ1n) is 9.77. The number of urea groups is 1.